The Morgan fingerprint density at radius 2 is 2.17 bits per heavy atom. The van der Waals surface area contributed by atoms with Crippen molar-refractivity contribution < 1.29 is 14.8 Å². The molecule has 9 heteroatoms. The standard InChI is InChI=1S/C20H25N5O4/c26-11-9-17-5-1-2-10-24(17)19-8-7-15(13-21-19)14-22-20(27)23-16-4-3-6-18(12-16)25(28)29/h3-4,6-8,12-13,17,26H,1-2,5,9-11,14H2,(H2,22,23,27)/t17-/m0/s1. The lowest BCUT2D eigenvalue weighted by Crippen LogP contribution is -2.40. The van der Waals surface area contributed by atoms with Gasteiger partial charge in [0, 0.05) is 49.8 Å². The number of anilines is 2. The van der Waals surface area contributed by atoms with E-state index in [1.165, 1.54) is 24.6 Å². The van der Waals surface area contributed by atoms with E-state index < -0.39 is 11.0 Å². The van der Waals surface area contributed by atoms with Gasteiger partial charge in [0.25, 0.3) is 5.69 Å². The average Bonchev–Trinajstić information content (AvgIpc) is 2.73. The molecular formula is C20H25N5O4. The maximum atomic E-state index is 12.1. The first kappa shape index (κ1) is 20.5. The fraction of sp³-hybridized carbons (Fsp3) is 0.400. The van der Waals surface area contributed by atoms with Crippen LogP contribution in [0, 0.1) is 10.1 Å². The monoisotopic (exact) mass is 399 g/mol. The minimum Gasteiger partial charge on any atom is -0.396 e. The number of hydrogen-bond acceptors (Lipinski definition) is 6. The highest BCUT2D eigenvalue weighted by Crippen LogP contribution is 2.25. The molecule has 1 atom stereocenters. The lowest BCUT2D eigenvalue weighted by Gasteiger charge is -2.36. The normalized spacial score (nSPS) is 16.3. The molecule has 1 aromatic carbocycles. The lowest BCUT2D eigenvalue weighted by atomic mass is 9.99. The molecule has 3 N–H and O–H groups in total. The van der Waals surface area contributed by atoms with E-state index in [9.17, 15) is 20.0 Å². The summed E-state index contributed by atoms with van der Waals surface area (Å²) in [6, 6.07) is 9.48. The van der Waals surface area contributed by atoms with E-state index in [4.69, 9.17) is 0 Å². The molecule has 2 heterocycles. The van der Waals surface area contributed by atoms with Gasteiger partial charge in [0.2, 0.25) is 0 Å². The molecule has 1 aromatic heterocycles. The van der Waals surface area contributed by atoms with Gasteiger partial charge in [-0.1, -0.05) is 12.1 Å². The Labute approximate surface area is 168 Å². The second-order valence-corrected chi connectivity index (χ2v) is 7.00. The number of amides is 2. The number of nitro benzene ring substituents is 1. The van der Waals surface area contributed by atoms with Crippen molar-refractivity contribution in [3.8, 4) is 0 Å². The van der Waals surface area contributed by atoms with E-state index in [-0.39, 0.29) is 18.8 Å². The van der Waals surface area contributed by atoms with Crippen molar-refractivity contribution in [2.24, 2.45) is 0 Å². The lowest BCUT2D eigenvalue weighted by molar-refractivity contribution is -0.384. The Hall–Kier alpha value is -3.20. The molecule has 0 aliphatic carbocycles. The number of pyridine rings is 1. The second-order valence-electron chi connectivity index (χ2n) is 7.00. The highest BCUT2D eigenvalue weighted by Gasteiger charge is 2.22. The first-order valence-corrected chi connectivity index (χ1v) is 9.68. The van der Waals surface area contributed by atoms with Crippen molar-refractivity contribution in [3.63, 3.8) is 0 Å². The number of non-ortho nitro benzene ring substituents is 1. The van der Waals surface area contributed by atoms with Gasteiger partial charge in [0.05, 0.1) is 4.92 Å². The van der Waals surface area contributed by atoms with Crippen molar-refractivity contribution in [1.29, 1.82) is 0 Å². The topological polar surface area (TPSA) is 121 Å². The smallest absolute Gasteiger partial charge is 0.319 e. The van der Waals surface area contributed by atoms with Crippen LogP contribution in [-0.4, -0.2) is 40.2 Å². The zero-order chi connectivity index (χ0) is 20.6. The largest absolute Gasteiger partial charge is 0.396 e. The van der Waals surface area contributed by atoms with Gasteiger partial charge in [0.15, 0.2) is 0 Å². The zero-order valence-electron chi connectivity index (χ0n) is 16.1. The molecule has 29 heavy (non-hydrogen) atoms. The minimum atomic E-state index is -0.510. The third-order valence-corrected chi connectivity index (χ3v) is 4.96. The van der Waals surface area contributed by atoms with Crippen molar-refractivity contribution in [2.45, 2.75) is 38.3 Å². The molecule has 0 spiro atoms. The minimum absolute atomic E-state index is 0.0835. The number of carbonyl (C=O) groups is 1. The molecule has 1 saturated heterocycles. The molecule has 1 aliphatic heterocycles. The number of nitrogens with zero attached hydrogens (tertiary/aromatic N) is 3. The maximum absolute atomic E-state index is 12.1. The quantitative estimate of drug-likeness (QED) is 0.486. The van der Waals surface area contributed by atoms with Gasteiger partial charge < -0.3 is 20.6 Å². The Balaban J connectivity index is 1.54. The summed E-state index contributed by atoms with van der Waals surface area (Å²) in [6.45, 7) is 1.39. The number of urea groups is 1. The van der Waals surface area contributed by atoms with E-state index in [1.807, 2.05) is 12.1 Å². The van der Waals surface area contributed by atoms with E-state index >= 15 is 0 Å². The summed E-state index contributed by atoms with van der Waals surface area (Å²) in [7, 11) is 0. The van der Waals surface area contributed by atoms with Gasteiger partial charge in [-0.15, -0.1) is 0 Å². The van der Waals surface area contributed by atoms with E-state index in [1.54, 1.807) is 12.3 Å². The van der Waals surface area contributed by atoms with Gasteiger partial charge in [-0.3, -0.25) is 10.1 Å². The van der Waals surface area contributed by atoms with Crippen molar-refractivity contribution in [1.82, 2.24) is 10.3 Å². The van der Waals surface area contributed by atoms with E-state index in [0.717, 1.165) is 37.2 Å². The molecule has 1 fully saturated rings. The Kier molecular flexibility index (Phi) is 6.96. The fourth-order valence-electron chi connectivity index (χ4n) is 3.50. The first-order chi connectivity index (χ1) is 14.1. The number of benzene rings is 1. The molecule has 2 aromatic rings. The molecule has 2 amide bonds. The second kappa shape index (κ2) is 9.83. The molecule has 154 valence electrons. The van der Waals surface area contributed by atoms with Crippen LogP contribution in [0.1, 0.15) is 31.2 Å². The predicted molar refractivity (Wildman–Crippen MR) is 110 cm³/mol. The number of carbonyl (C=O) groups excluding carboxylic acids is 1. The third kappa shape index (κ3) is 5.64. The number of aliphatic hydroxyl groups is 1. The number of hydrogen-bond donors (Lipinski definition) is 3. The molecular weight excluding hydrogens is 374 g/mol. The Morgan fingerprint density at radius 1 is 1.31 bits per heavy atom. The highest BCUT2D eigenvalue weighted by molar-refractivity contribution is 5.89. The Bertz CT molecular complexity index is 841. The number of aromatic nitrogens is 1. The average molecular weight is 399 g/mol. The van der Waals surface area contributed by atoms with Gasteiger partial charge in [-0.25, -0.2) is 9.78 Å². The molecule has 0 saturated carbocycles. The molecule has 9 nitrogen and oxygen atoms in total. The van der Waals surface area contributed by atoms with Crippen LogP contribution < -0.4 is 15.5 Å². The molecule has 0 unspecified atom stereocenters. The summed E-state index contributed by atoms with van der Waals surface area (Å²) in [5, 5.41) is 25.4. The molecule has 0 radical (unpaired) electrons. The summed E-state index contributed by atoms with van der Waals surface area (Å²) in [6.07, 6.45) is 5.81. The first-order valence-electron chi connectivity index (χ1n) is 9.68. The summed E-state index contributed by atoms with van der Waals surface area (Å²) in [5.74, 6) is 0.882. The van der Waals surface area contributed by atoms with Crippen LogP contribution in [0.3, 0.4) is 0 Å². The fourth-order valence-corrected chi connectivity index (χ4v) is 3.50. The third-order valence-electron chi connectivity index (χ3n) is 4.96. The van der Waals surface area contributed by atoms with Crippen LogP contribution in [0.15, 0.2) is 42.6 Å². The van der Waals surface area contributed by atoms with Crippen LogP contribution in [0.4, 0.5) is 22.0 Å². The number of rotatable bonds is 7. The SMILES string of the molecule is O=C(NCc1ccc(N2CCCC[C@H]2CCO)nc1)Nc1cccc([N+](=O)[O-])c1. The van der Waals surface area contributed by atoms with Crippen molar-refractivity contribution in [2.75, 3.05) is 23.4 Å². The zero-order valence-corrected chi connectivity index (χ0v) is 16.1. The van der Waals surface area contributed by atoms with Crippen LogP contribution in [-0.2, 0) is 6.54 Å². The Morgan fingerprint density at radius 3 is 2.90 bits per heavy atom. The molecule has 1 aliphatic rings. The van der Waals surface area contributed by atoms with Gasteiger partial charge in [-0.05, 0) is 43.4 Å². The summed E-state index contributed by atoms with van der Waals surface area (Å²) < 4.78 is 0. The van der Waals surface area contributed by atoms with Crippen LogP contribution >= 0.6 is 0 Å². The van der Waals surface area contributed by atoms with Crippen molar-refractivity contribution in [3.05, 3.63) is 58.3 Å². The summed E-state index contributed by atoms with van der Waals surface area (Å²) in [5.41, 5.74) is 1.11. The number of nitro groups is 1. The maximum Gasteiger partial charge on any atom is 0.319 e. The van der Waals surface area contributed by atoms with Crippen molar-refractivity contribution >= 4 is 23.2 Å². The molecule has 0 bridgehead atoms. The van der Waals surface area contributed by atoms with Gasteiger partial charge in [-0.2, -0.15) is 0 Å². The highest BCUT2D eigenvalue weighted by atomic mass is 16.6. The van der Waals surface area contributed by atoms with Crippen LogP contribution in [0.25, 0.3) is 0 Å². The van der Waals surface area contributed by atoms with E-state index in [2.05, 4.69) is 20.5 Å². The summed E-state index contributed by atoms with van der Waals surface area (Å²) >= 11 is 0. The predicted octanol–water partition coefficient (Wildman–Crippen LogP) is 3.05. The van der Waals surface area contributed by atoms with Gasteiger partial charge in [0.1, 0.15) is 5.82 Å². The van der Waals surface area contributed by atoms with Gasteiger partial charge >= 0.3 is 6.03 Å². The number of aliphatic hydroxyl groups excluding tert-OH is 1. The molecule has 3 rings (SSSR count). The number of nitrogens with one attached hydrogen (secondary N) is 2. The number of piperidine rings is 1. The van der Waals surface area contributed by atoms with Crippen LogP contribution in [0.2, 0.25) is 0 Å². The van der Waals surface area contributed by atoms with E-state index in [0.29, 0.717) is 11.7 Å². The summed E-state index contributed by atoms with van der Waals surface area (Å²) in [4.78, 5) is 29.1. The van der Waals surface area contributed by atoms with Crippen LogP contribution in [0.5, 0.6) is 0 Å².